The van der Waals surface area contributed by atoms with E-state index in [0.29, 0.717) is 11.5 Å². The van der Waals surface area contributed by atoms with Crippen LogP contribution in [-0.2, 0) is 0 Å². The van der Waals surface area contributed by atoms with E-state index in [1.807, 2.05) is 16.8 Å². The molecular formula is C12H6BrNO3S2. The summed E-state index contributed by atoms with van der Waals surface area (Å²) < 4.78 is 6.23. The average molecular weight is 356 g/mol. The number of nitrogens with zero attached hydrogens (tertiary/aromatic N) is 1. The highest BCUT2D eigenvalue weighted by molar-refractivity contribution is 9.10. The molecule has 0 bridgehead atoms. The Hall–Kier alpha value is -1.44. The number of halogens is 1. The van der Waals surface area contributed by atoms with E-state index in [1.54, 1.807) is 11.3 Å². The molecule has 0 saturated carbocycles. The van der Waals surface area contributed by atoms with Gasteiger partial charge in [0.1, 0.15) is 17.0 Å². The molecule has 3 rings (SSSR count). The minimum atomic E-state index is -1.01. The smallest absolute Gasteiger partial charge is 0.338 e. The first-order valence-electron chi connectivity index (χ1n) is 5.16. The quantitative estimate of drug-likeness (QED) is 0.745. The predicted molar refractivity (Wildman–Crippen MR) is 77.8 cm³/mol. The van der Waals surface area contributed by atoms with E-state index in [9.17, 15) is 4.79 Å². The molecule has 0 aliphatic heterocycles. The van der Waals surface area contributed by atoms with Crippen molar-refractivity contribution in [3.05, 3.63) is 39.2 Å². The van der Waals surface area contributed by atoms with E-state index in [-0.39, 0.29) is 5.56 Å². The Labute approximate surface area is 124 Å². The zero-order valence-electron chi connectivity index (χ0n) is 9.29. The summed E-state index contributed by atoms with van der Waals surface area (Å²) in [4.78, 5) is 16.3. The second kappa shape index (κ2) is 4.92. The number of carboxylic acids is 1. The van der Waals surface area contributed by atoms with E-state index >= 15 is 0 Å². The highest BCUT2D eigenvalue weighted by Crippen LogP contribution is 2.37. The normalized spacial score (nSPS) is 10.8. The van der Waals surface area contributed by atoms with Gasteiger partial charge in [-0.25, -0.2) is 9.78 Å². The molecule has 1 N–H and O–H groups in total. The highest BCUT2D eigenvalue weighted by Gasteiger charge is 2.14. The van der Waals surface area contributed by atoms with Crippen molar-refractivity contribution in [3.8, 4) is 21.3 Å². The standard InChI is InChI=1S/C12H6BrNO3S2/c13-7-1-2-18-10(7)11-14-8(5-19-11)9-3-6(4-17-9)12(15)16/h1-5H,(H,15,16). The lowest BCUT2D eigenvalue weighted by Crippen LogP contribution is -1.91. The maximum absolute atomic E-state index is 10.8. The van der Waals surface area contributed by atoms with Gasteiger partial charge in [-0.15, -0.1) is 22.7 Å². The number of carbonyl (C=O) groups is 1. The van der Waals surface area contributed by atoms with Gasteiger partial charge in [0, 0.05) is 15.9 Å². The van der Waals surface area contributed by atoms with Crippen LogP contribution in [0.5, 0.6) is 0 Å². The molecule has 0 aliphatic carbocycles. The zero-order chi connectivity index (χ0) is 13.4. The fourth-order valence-electron chi connectivity index (χ4n) is 1.52. The Morgan fingerprint density at radius 2 is 2.26 bits per heavy atom. The van der Waals surface area contributed by atoms with Gasteiger partial charge in [-0.2, -0.15) is 0 Å². The average Bonchev–Trinajstić information content (AvgIpc) is 3.07. The second-order valence-electron chi connectivity index (χ2n) is 3.64. The largest absolute Gasteiger partial charge is 0.478 e. The summed E-state index contributed by atoms with van der Waals surface area (Å²) in [6, 6.07) is 3.45. The molecule has 0 aliphatic rings. The summed E-state index contributed by atoms with van der Waals surface area (Å²) in [5.41, 5.74) is 0.773. The first kappa shape index (κ1) is 12.6. The van der Waals surface area contributed by atoms with Crippen LogP contribution in [0.25, 0.3) is 21.3 Å². The molecular weight excluding hydrogens is 350 g/mol. The summed E-state index contributed by atoms with van der Waals surface area (Å²) in [7, 11) is 0. The summed E-state index contributed by atoms with van der Waals surface area (Å²) in [6.45, 7) is 0. The molecule has 0 unspecified atom stereocenters. The third-order valence-electron chi connectivity index (χ3n) is 2.41. The predicted octanol–water partition coefficient (Wildman–Crippen LogP) is 4.59. The number of hydrogen-bond acceptors (Lipinski definition) is 5. The fourth-order valence-corrected chi connectivity index (χ4v) is 4.14. The third-order valence-corrected chi connectivity index (χ3v) is 5.25. The number of hydrogen-bond donors (Lipinski definition) is 1. The molecule has 3 heterocycles. The van der Waals surface area contributed by atoms with Gasteiger partial charge in [-0.1, -0.05) is 0 Å². The molecule has 3 aromatic heterocycles. The molecule has 0 fully saturated rings. The molecule has 19 heavy (non-hydrogen) atoms. The number of aromatic carboxylic acids is 1. The maximum atomic E-state index is 10.8. The molecule has 0 amide bonds. The molecule has 3 aromatic rings. The van der Waals surface area contributed by atoms with Gasteiger partial charge in [0.25, 0.3) is 0 Å². The van der Waals surface area contributed by atoms with Crippen LogP contribution in [0, 0.1) is 0 Å². The van der Waals surface area contributed by atoms with Crippen molar-refractivity contribution in [2.24, 2.45) is 0 Å². The van der Waals surface area contributed by atoms with Crippen LogP contribution in [0.3, 0.4) is 0 Å². The highest BCUT2D eigenvalue weighted by atomic mass is 79.9. The van der Waals surface area contributed by atoms with Crippen molar-refractivity contribution in [3.63, 3.8) is 0 Å². The van der Waals surface area contributed by atoms with Crippen LogP contribution < -0.4 is 0 Å². The number of thiazole rings is 1. The first-order chi connectivity index (χ1) is 9.15. The summed E-state index contributed by atoms with van der Waals surface area (Å²) in [6.07, 6.45) is 1.22. The van der Waals surface area contributed by atoms with Crippen molar-refractivity contribution < 1.29 is 14.3 Å². The van der Waals surface area contributed by atoms with Crippen LogP contribution in [0.1, 0.15) is 10.4 Å². The molecule has 0 atom stereocenters. The van der Waals surface area contributed by atoms with Gasteiger partial charge < -0.3 is 9.52 Å². The van der Waals surface area contributed by atoms with Crippen LogP contribution in [0.15, 0.2) is 38.0 Å². The first-order valence-corrected chi connectivity index (χ1v) is 7.71. The van der Waals surface area contributed by atoms with Gasteiger partial charge in [0.05, 0.1) is 10.4 Å². The summed E-state index contributed by atoms with van der Waals surface area (Å²) >= 11 is 6.56. The maximum Gasteiger partial charge on any atom is 0.338 e. The molecule has 4 nitrogen and oxygen atoms in total. The summed E-state index contributed by atoms with van der Waals surface area (Å²) in [5, 5.41) is 13.6. The number of furan rings is 1. The second-order valence-corrected chi connectivity index (χ2v) is 6.27. The van der Waals surface area contributed by atoms with Crippen molar-refractivity contribution in [2.75, 3.05) is 0 Å². The van der Waals surface area contributed by atoms with Crippen LogP contribution in [-0.4, -0.2) is 16.1 Å². The fraction of sp³-hybridized carbons (Fsp3) is 0. The molecule has 0 saturated heterocycles. The third kappa shape index (κ3) is 2.36. The van der Waals surface area contributed by atoms with Crippen molar-refractivity contribution in [1.29, 1.82) is 0 Å². The van der Waals surface area contributed by atoms with E-state index in [0.717, 1.165) is 14.4 Å². The lowest BCUT2D eigenvalue weighted by molar-refractivity contribution is 0.0696. The van der Waals surface area contributed by atoms with Gasteiger partial charge in [-0.3, -0.25) is 0 Å². The molecule has 0 spiro atoms. The van der Waals surface area contributed by atoms with Gasteiger partial charge >= 0.3 is 5.97 Å². The van der Waals surface area contributed by atoms with Gasteiger partial charge in [-0.05, 0) is 27.4 Å². The number of carboxylic acid groups (broad SMARTS) is 1. The lowest BCUT2D eigenvalue weighted by Gasteiger charge is -1.91. The monoisotopic (exact) mass is 355 g/mol. The zero-order valence-corrected chi connectivity index (χ0v) is 12.5. The summed E-state index contributed by atoms with van der Waals surface area (Å²) in [5.74, 6) is -0.543. The van der Waals surface area contributed by atoms with Gasteiger partial charge in [0.15, 0.2) is 5.76 Å². The van der Waals surface area contributed by atoms with Crippen LogP contribution in [0.2, 0.25) is 0 Å². The topological polar surface area (TPSA) is 63.3 Å². The van der Waals surface area contributed by atoms with Crippen molar-refractivity contribution in [2.45, 2.75) is 0 Å². The SMILES string of the molecule is O=C(O)c1coc(-c2csc(-c3sccc3Br)n2)c1. The van der Waals surface area contributed by atoms with Gasteiger partial charge in [0.2, 0.25) is 0 Å². The number of aromatic nitrogens is 1. The number of rotatable bonds is 3. The number of thiophene rings is 1. The minimum Gasteiger partial charge on any atom is -0.478 e. The van der Waals surface area contributed by atoms with E-state index < -0.39 is 5.97 Å². The molecule has 7 heteroatoms. The molecule has 96 valence electrons. The van der Waals surface area contributed by atoms with Crippen molar-refractivity contribution >= 4 is 44.6 Å². The van der Waals surface area contributed by atoms with E-state index in [1.165, 1.54) is 23.7 Å². The Kier molecular flexibility index (Phi) is 3.26. The minimum absolute atomic E-state index is 0.127. The lowest BCUT2D eigenvalue weighted by atomic mass is 10.3. The van der Waals surface area contributed by atoms with E-state index in [4.69, 9.17) is 9.52 Å². The van der Waals surface area contributed by atoms with Crippen molar-refractivity contribution in [1.82, 2.24) is 4.98 Å². The van der Waals surface area contributed by atoms with Crippen LogP contribution in [0.4, 0.5) is 0 Å². The Balaban J connectivity index is 1.97. The Bertz CT molecular complexity index is 744. The molecule has 0 aromatic carbocycles. The van der Waals surface area contributed by atoms with Crippen LogP contribution >= 0.6 is 38.6 Å². The Morgan fingerprint density at radius 1 is 1.42 bits per heavy atom. The Morgan fingerprint density at radius 3 is 2.89 bits per heavy atom. The van der Waals surface area contributed by atoms with E-state index in [2.05, 4.69) is 20.9 Å². The molecule has 0 radical (unpaired) electrons.